The highest BCUT2D eigenvalue weighted by Gasteiger charge is 2.02. The molecule has 4 heteroatoms. The number of carbonyl (C=O) groups excluding carboxylic acids is 1. The van der Waals surface area contributed by atoms with Crippen LogP contribution < -0.4 is 5.32 Å². The Morgan fingerprint density at radius 3 is 2.46 bits per heavy atom. The topological polar surface area (TPSA) is 29.1 Å². The fraction of sp³-hybridized carbons (Fsp3) is 0.222. The van der Waals surface area contributed by atoms with Crippen LogP contribution in [0, 0.1) is 0 Å². The molecule has 1 amide bonds. The normalized spacial score (nSPS) is 9.69. The van der Waals surface area contributed by atoms with Crippen LogP contribution in [0.2, 0.25) is 0 Å². The molecule has 13 heavy (non-hydrogen) atoms. The van der Waals surface area contributed by atoms with Crippen molar-refractivity contribution in [1.82, 2.24) is 0 Å². The number of alkyl halides is 2. The zero-order valence-corrected chi connectivity index (χ0v) is 6.81. The fourth-order valence-electron chi connectivity index (χ4n) is 1.02. The highest BCUT2D eigenvalue weighted by molar-refractivity contribution is 5.72. The molecule has 0 aliphatic rings. The van der Waals surface area contributed by atoms with Crippen molar-refractivity contribution >= 4 is 12.1 Å². The maximum absolute atomic E-state index is 12.3. The molecule has 1 rings (SSSR count). The average Bonchev–Trinajstić information content (AvgIpc) is 2.18. The van der Waals surface area contributed by atoms with Gasteiger partial charge in [0.15, 0.2) is 0 Å². The summed E-state index contributed by atoms with van der Waals surface area (Å²) in [5.74, 6) is 0. The average molecular weight is 184 g/mol. The van der Waals surface area contributed by atoms with Crippen molar-refractivity contribution in [3.8, 4) is 0 Å². The van der Waals surface area contributed by atoms with Crippen molar-refractivity contribution in [2.75, 3.05) is 5.32 Å². The van der Waals surface area contributed by atoms with Gasteiger partial charge in [0.05, 0.1) is 0 Å². The molecule has 0 aliphatic carbocycles. The Balaban J connectivity index is 2.98. The number of anilines is 1. The van der Waals surface area contributed by atoms with Crippen molar-refractivity contribution in [1.29, 1.82) is 0 Å². The minimum Gasteiger partial charge on any atom is -0.318 e. The van der Waals surface area contributed by atoms with Gasteiger partial charge in [-0.15, -0.1) is 0 Å². The van der Waals surface area contributed by atoms with Crippen LogP contribution in [0.3, 0.4) is 0 Å². The molecule has 0 saturated carbocycles. The Bertz CT molecular complexity index is 302. The van der Waals surface area contributed by atoms with E-state index in [4.69, 9.17) is 0 Å². The molecule has 0 saturated heterocycles. The zero-order valence-electron chi connectivity index (χ0n) is 6.81. The van der Waals surface area contributed by atoms with Crippen LogP contribution in [-0.4, -0.2) is 6.41 Å². The van der Waals surface area contributed by atoms with Gasteiger partial charge in [-0.1, -0.05) is 6.07 Å². The summed E-state index contributed by atoms with van der Waals surface area (Å²) in [6.07, 6.45) is 1.46. The SMILES string of the molecule is O=[C]Nc1ccc(CF)c(CF)c1. The van der Waals surface area contributed by atoms with Gasteiger partial charge in [-0.25, -0.2) is 8.78 Å². The molecule has 0 bridgehead atoms. The van der Waals surface area contributed by atoms with E-state index in [0.29, 0.717) is 11.3 Å². The molecular formula is C9H8F2NO. The monoisotopic (exact) mass is 184 g/mol. The van der Waals surface area contributed by atoms with Crippen molar-refractivity contribution < 1.29 is 13.6 Å². The summed E-state index contributed by atoms with van der Waals surface area (Å²) in [5.41, 5.74) is 0.974. The summed E-state index contributed by atoms with van der Waals surface area (Å²) >= 11 is 0. The van der Waals surface area contributed by atoms with Crippen LogP contribution in [0.1, 0.15) is 11.1 Å². The third kappa shape index (κ3) is 2.24. The van der Waals surface area contributed by atoms with Crippen LogP contribution in [0.5, 0.6) is 0 Å². The highest BCUT2D eigenvalue weighted by Crippen LogP contribution is 2.17. The minimum absolute atomic E-state index is 0.253. The standard InChI is InChI=1S/C9H8F2NO/c10-4-7-1-2-9(12-6-13)3-8(7)5-11/h1-3H,4-5H2,(H,12,13). The van der Waals surface area contributed by atoms with E-state index in [0.717, 1.165) is 0 Å². The van der Waals surface area contributed by atoms with E-state index in [2.05, 4.69) is 5.32 Å². The zero-order chi connectivity index (χ0) is 9.68. The third-order valence-electron chi connectivity index (χ3n) is 1.69. The van der Waals surface area contributed by atoms with E-state index in [1.54, 1.807) is 0 Å². The van der Waals surface area contributed by atoms with Gasteiger partial charge in [-0.2, -0.15) is 0 Å². The first-order valence-corrected chi connectivity index (χ1v) is 3.68. The molecule has 1 aromatic carbocycles. The minimum atomic E-state index is -0.742. The molecule has 1 radical (unpaired) electrons. The maximum atomic E-state index is 12.3. The largest absolute Gasteiger partial charge is 0.318 e. The third-order valence-corrected chi connectivity index (χ3v) is 1.69. The lowest BCUT2D eigenvalue weighted by atomic mass is 10.1. The van der Waals surface area contributed by atoms with Crippen molar-refractivity contribution in [3.05, 3.63) is 29.3 Å². The first-order valence-electron chi connectivity index (χ1n) is 3.68. The summed E-state index contributed by atoms with van der Waals surface area (Å²) in [7, 11) is 0. The molecule has 69 valence electrons. The molecule has 0 spiro atoms. The highest BCUT2D eigenvalue weighted by atomic mass is 19.1. The first kappa shape index (κ1) is 9.64. The second-order valence-corrected chi connectivity index (χ2v) is 2.48. The summed E-state index contributed by atoms with van der Waals surface area (Å²) in [5, 5.41) is 2.24. The van der Waals surface area contributed by atoms with Crippen molar-refractivity contribution in [3.63, 3.8) is 0 Å². The van der Waals surface area contributed by atoms with Crippen LogP contribution in [0.15, 0.2) is 18.2 Å². The summed E-state index contributed by atoms with van der Waals surface area (Å²) in [6, 6.07) is 4.33. The summed E-state index contributed by atoms with van der Waals surface area (Å²) < 4.78 is 24.5. The van der Waals surface area contributed by atoms with Gasteiger partial charge < -0.3 is 5.32 Å². The number of nitrogens with one attached hydrogen (secondary N) is 1. The molecule has 2 nitrogen and oxygen atoms in total. The molecule has 0 atom stereocenters. The van der Waals surface area contributed by atoms with Gasteiger partial charge in [-0.3, -0.25) is 4.79 Å². The van der Waals surface area contributed by atoms with Gasteiger partial charge in [-0.05, 0) is 23.3 Å². The van der Waals surface area contributed by atoms with E-state index in [1.165, 1.54) is 24.6 Å². The predicted octanol–water partition coefficient (Wildman–Crippen LogP) is 2.10. The van der Waals surface area contributed by atoms with Gasteiger partial charge >= 0.3 is 6.41 Å². The number of halogens is 2. The smallest absolute Gasteiger partial charge is 0.314 e. The predicted molar refractivity (Wildman–Crippen MR) is 45.4 cm³/mol. The molecule has 1 N–H and O–H groups in total. The lowest BCUT2D eigenvalue weighted by Crippen LogP contribution is -1.96. The Morgan fingerprint density at radius 2 is 1.92 bits per heavy atom. The lowest BCUT2D eigenvalue weighted by molar-refractivity contribution is 0.454. The Kier molecular flexibility index (Phi) is 3.37. The second-order valence-electron chi connectivity index (χ2n) is 2.48. The maximum Gasteiger partial charge on any atom is 0.314 e. The van der Waals surface area contributed by atoms with Crippen LogP contribution in [0.25, 0.3) is 0 Å². The molecule has 0 unspecified atom stereocenters. The number of hydrogen-bond donors (Lipinski definition) is 1. The number of amides is 1. The molecule has 1 aromatic rings. The summed E-state index contributed by atoms with van der Waals surface area (Å²) in [4.78, 5) is 9.92. The van der Waals surface area contributed by atoms with Crippen molar-refractivity contribution in [2.45, 2.75) is 13.3 Å². The lowest BCUT2D eigenvalue weighted by Gasteiger charge is -2.04. The van der Waals surface area contributed by atoms with Gasteiger partial charge in [0.2, 0.25) is 0 Å². The Labute approximate surface area is 74.6 Å². The number of hydrogen-bond acceptors (Lipinski definition) is 1. The Hall–Kier alpha value is -1.45. The van der Waals surface area contributed by atoms with Crippen LogP contribution >= 0.6 is 0 Å². The Morgan fingerprint density at radius 1 is 1.23 bits per heavy atom. The van der Waals surface area contributed by atoms with Gasteiger partial charge in [0.25, 0.3) is 0 Å². The quantitative estimate of drug-likeness (QED) is 0.713. The van der Waals surface area contributed by atoms with Gasteiger partial charge in [0, 0.05) is 5.69 Å². The molecule has 0 aliphatic heterocycles. The molecule has 0 heterocycles. The molecule has 0 fully saturated rings. The van der Waals surface area contributed by atoms with E-state index >= 15 is 0 Å². The van der Waals surface area contributed by atoms with E-state index < -0.39 is 13.3 Å². The second kappa shape index (κ2) is 4.54. The molecule has 0 aromatic heterocycles. The fourth-order valence-corrected chi connectivity index (χ4v) is 1.02. The molecular weight excluding hydrogens is 176 g/mol. The van der Waals surface area contributed by atoms with E-state index in [1.807, 2.05) is 0 Å². The van der Waals surface area contributed by atoms with E-state index in [9.17, 15) is 13.6 Å². The van der Waals surface area contributed by atoms with Gasteiger partial charge in [0.1, 0.15) is 13.3 Å². The van der Waals surface area contributed by atoms with Crippen molar-refractivity contribution in [2.24, 2.45) is 0 Å². The summed E-state index contributed by atoms with van der Waals surface area (Å²) in [6.45, 7) is -1.45. The van der Waals surface area contributed by atoms with Crippen LogP contribution in [0.4, 0.5) is 14.5 Å². The van der Waals surface area contributed by atoms with E-state index in [-0.39, 0.29) is 5.56 Å². The first-order chi connectivity index (χ1) is 6.31. The number of rotatable bonds is 4. The van der Waals surface area contributed by atoms with Crippen LogP contribution in [-0.2, 0) is 18.1 Å². The number of benzene rings is 1.